The summed E-state index contributed by atoms with van der Waals surface area (Å²) >= 11 is 0.739. The number of ether oxygens (including phenoxy) is 2. The molecule has 9 heteroatoms. The van der Waals surface area contributed by atoms with Gasteiger partial charge in [-0.2, -0.15) is 0 Å². The van der Waals surface area contributed by atoms with E-state index in [-0.39, 0.29) is 10.6 Å². The lowest BCUT2D eigenvalue weighted by Crippen LogP contribution is -2.36. The minimum Gasteiger partial charge on any atom is -0.493 e. The Morgan fingerprint density at radius 1 is 1.13 bits per heavy atom. The van der Waals surface area contributed by atoms with Crippen LogP contribution in [0.4, 0.5) is 14.9 Å². The fourth-order valence-electron chi connectivity index (χ4n) is 3.93. The number of nitrogens with zero attached hydrogens (tertiary/aromatic N) is 1. The Balaban J connectivity index is 1.52. The summed E-state index contributed by atoms with van der Waals surface area (Å²) < 4.78 is 25.1. The number of amides is 3. The molecule has 4 rings (SSSR count). The number of thioether (sulfide) groups is 1. The van der Waals surface area contributed by atoms with E-state index >= 15 is 0 Å². The van der Waals surface area contributed by atoms with Gasteiger partial charge in [-0.1, -0.05) is 42.0 Å². The molecule has 3 aromatic carbocycles. The van der Waals surface area contributed by atoms with Crippen molar-refractivity contribution >= 4 is 40.6 Å². The smallest absolute Gasteiger partial charge is 0.294 e. The monoisotopic (exact) mass is 546 g/mol. The van der Waals surface area contributed by atoms with Crippen LogP contribution in [0, 0.1) is 12.7 Å². The summed E-state index contributed by atoms with van der Waals surface area (Å²) in [6.45, 7) is 5.70. The van der Waals surface area contributed by atoms with Crippen LogP contribution in [0.2, 0.25) is 0 Å². The molecule has 0 spiro atoms. The summed E-state index contributed by atoms with van der Waals surface area (Å²) in [5, 5.41) is 1.92. The SMILES string of the molecule is C=CCc1cc(/C=C2/SC(=O)N(CC(=O)Nc3cccc(F)c3)C2=O)cc(OC)c1OCc1ccc(C)cc1. The van der Waals surface area contributed by atoms with Gasteiger partial charge in [0.25, 0.3) is 11.1 Å². The third-order valence-corrected chi connectivity index (χ3v) is 6.73. The third-order valence-electron chi connectivity index (χ3n) is 5.82. The van der Waals surface area contributed by atoms with Crippen LogP contribution in [0.5, 0.6) is 11.5 Å². The normalized spacial score (nSPS) is 14.0. The lowest BCUT2D eigenvalue weighted by molar-refractivity contribution is -0.127. The van der Waals surface area contributed by atoms with Crippen LogP contribution in [0.25, 0.3) is 6.08 Å². The Kier molecular flexibility index (Phi) is 8.83. The third kappa shape index (κ3) is 6.94. The Bertz CT molecular complexity index is 1450. The average molecular weight is 547 g/mol. The summed E-state index contributed by atoms with van der Waals surface area (Å²) in [7, 11) is 1.53. The highest BCUT2D eigenvalue weighted by Crippen LogP contribution is 2.37. The van der Waals surface area contributed by atoms with Crippen LogP contribution in [0.15, 0.2) is 78.2 Å². The number of benzene rings is 3. The number of hydrogen-bond donors (Lipinski definition) is 1. The molecule has 39 heavy (non-hydrogen) atoms. The molecule has 200 valence electrons. The highest BCUT2D eigenvalue weighted by Gasteiger charge is 2.36. The molecule has 0 radical (unpaired) electrons. The van der Waals surface area contributed by atoms with Gasteiger partial charge in [0.2, 0.25) is 5.91 Å². The van der Waals surface area contributed by atoms with E-state index in [1.54, 1.807) is 18.2 Å². The maximum Gasteiger partial charge on any atom is 0.294 e. The first-order chi connectivity index (χ1) is 18.8. The predicted octanol–water partition coefficient (Wildman–Crippen LogP) is 6.13. The van der Waals surface area contributed by atoms with Crippen LogP contribution in [-0.4, -0.2) is 35.6 Å². The molecule has 1 heterocycles. The maximum absolute atomic E-state index is 13.4. The van der Waals surface area contributed by atoms with Gasteiger partial charge in [0.05, 0.1) is 12.0 Å². The van der Waals surface area contributed by atoms with Crippen molar-refractivity contribution in [1.29, 1.82) is 0 Å². The first-order valence-corrected chi connectivity index (χ1v) is 12.9. The van der Waals surface area contributed by atoms with Crippen LogP contribution >= 0.6 is 11.8 Å². The number of hydrogen-bond acceptors (Lipinski definition) is 6. The Morgan fingerprint density at radius 3 is 2.59 bits per heavy atom. The van der Waals surface area contributed by atoms with E-state index in [1.165, 1.54) is 25.3 Å². The molecule has 0 unspecified atom stereocenters. The molecule has 0 saturated carbocycles. The number of methoxy groups -OCH3 is 1. The standard InChI is InChI=1S/C30H27FN2O5S/c1-4-6-22-13-21(14-25(37-3)28(22)38-18-20-11-9-19(2)10-12-20)15-26-29(35)33(30(36)39-26)17-27(34)32-24-8-5-7-23(31)16-24/h4-5,7-16H,1,6,17-18H2,2-3H3,(H,32,34)/b26-15+. The van der Waals surface area contributed by atoms with E-state index in [4.69, 9.17) is 9.47 Å². The van der Waals surface area contributed by atoms with Gasteiger partial charge in [-0.25, -0.2) is 4.39 Å². The molecule has 1 aliphatic rings. The molecule has 1 fully saturated rings. The number of carbonyl (C=O) groups excluding carboxylic acids is 3. The van der Waals surface area contributed by atoms with Gasteiger partial charge in [0.1, 0.15) is 19.0 Å². The molecule has 0 atom stereocenters. The van der Waals surface area contributed by atoms with E-state index in [0.29, 0.717) is 30.1 Å². The number of anilines is 1. The molecule has 1 N–H and O–H groups in total. The van der Waals surface area contributed by atoms with Gasteiger partial charge in [0.15, 0.2) is 11.5 Å². The topological polar surface area (TPSA) is 84.9 Å². The number of imide groups is 1. The maximum atomic E-state index is 13.4. The molecular formula is C30H27FN2O5S. The van der Waals surface area contributed by atoms with Crippen LogP contribution in [0.3, 0.4) is 0 Å². The molecule has 3 amide bonds. The summed E-state index contributed by atoms with van der Waals surface area (Å²) in [4.78, 5) is 39.0. The fraction of sp³-hybridized carbons (Fsp3) is 0.167. The Morgan fingerprint density at radius 2 is 1.90 bits per heavy atom. The minimum atomic E-state index is -0.617. The molecule has 3 aromatic rings. The second-order valence-corrected chi connectivity index (χ2v) is 9.80. The summed E-state index contributed by atoms with van der Waals surface area (Å²) in [5.74, 6) is -0.684. The molecule has 0 bridgehead atoms. The quantitative estimate of drug-likeness (QED) is 0.243. The Labute approximate surface area is 230 Å². The van der Waals surface area contributed by atoms with Crippen LogP contribution < -0.4 is 14.8 Å². The molecule has 7 nitrogen and oxygen atoms in total. The van der Waals surface area contributed by atoms with E-state index in [1.807, 2.05) is 37.3 Å². The van der Waals surface area contributed by atoms with Crippen molar-refractivity contribution in [2.45, 2.75) is 20.0 Å². The summed E-state index contributed by atoms with van der Waals surface area (Å²) in [6.07, 6.45) is 3.81. The van der Waals surface area contributed by atoms with Gasteiger partial charge >= 0.3 is 0 Å². The zero-order chi connectivity index (χ0) is 27.9. The minimum absolute atomic E-state index is 0.165. The number of nitrogens with one attached hydrogen (secondary N) is 1. The molecule has 0 aromatic heterocycles. The van der Waals surface area contributed by atoms with Gasteiger partial charge in [-0.05, 0) is 72.6 Å². The first-order valence-electron chi connectivity index (χ1n) is 12.1. The number of halogens is 1. The van der Waals surface area contributed by atoms with Gasteiger partial charge < -0.3 is 14.8 Å². The number of carbonyl (C=O) groups is 3. The van der Waals surface area contributed by atoms with E-state index in [0.717, 1.165) is 39.4 Å². The second-order valence-electron chi connectivity index (χ2n) is 8.80. The number of rotatable bonds is 10. The zero-order valence-corrected chi connectivity index (χ0v) is 22.3. The Hall–Kier alpha value is -4.37. The van der Waals surface area contributed by atoms with E-state index < -0.39 is 29.4 Å². The van der Waals surface area contributed by atoms with Crippen molar-refractivity contribution in [1.82, 2.24) is 4.90 Å². The van der Waals surface area contributed by atoms with Crippen LogP contribution in [-0.2, 0) is 22.6 Å². The van der Waals surface area contributed by atoms with Gasteiger partial charge in [-0.15, -0.1) is 6.58 Å². The van der Waals surface area contributed by atoms with Gasteiger partial charge in [0, 0.05) is 11.3 Å². The average Bonchev–Trinajstić information content (AvgIpc) is 3.16. The van der Waals surface area contributed by atoms with Crippen molar-refractivity contribution in [2.24, 2.45) is 0 Å². The predicted molar refractivity (Wildman–Crippen MR) is 150 cm³/mol. The van der Waals surface area contributed by atoms with Crippen molar-refractivity contribution < 1.29 is 28.2 Å². The summed E-state index contributed by atoms with van der Waals surface area (Å²) in [6, 6.07) is 16.9. The van der Waals surface area contributed by atoms with Crippen molar-refractivity contribution in [3.05, 3.63) is 106 Å². The van der Waals surface area contributed by atoms with E-state index in [2.05, 4.69) is 11.9 Å². The molecule has 1 aliphatic heterocycles. The van der Waals surface area contributed by atoms with E-state index in [9.17, 15) is 18.8 Å². The number of aryl methyl sites for hydroxylation is 1. The van der Waals surface area contributed by atoms with Crippen molar-refractivity contribution in [2.75, 3.05) is 19.0 Å². The second kappa shape index (κ2) is 12.4. The zero-order valence-electron chi connectivity index (χ0n) is 21.5. The lowest BCUT2D eigenvalue weighted by atomic mass is 10.0. The highest BCUT2D eigenvalue weighted by molar-refractivity contribution is 8.18. The van der Waals surface area contributed by atoms with Crippen molar-refractivity contribution in [3.8, 4) is 11.5 Å². The van der Waals surface area contributed by atoms with Crippen LogP contribution in [0.1, 0.15) is 22.3 Å². The highest BCUT2D eigenvalue weighted by atomic mass is 32.2. The van der Waals surface area contributed by atoms with Gasteiger partial charge in [-0.3, -0.25) is 19.3 Å². The summed E-state index contributed by atoms with van der Waals surface area (Å²) in [5.41, 5.74) is 3.82. The fourth-order valence-corrected chi connectivity index (χ4v) is 4.77. The largest absolute Gasteiger partial charge is 0.493 e. The molecular weight excluding hydrogens is 519 g/mol. The first kappa shape index (κ1) is 27.7. The molecule has 0 aliphatic carbocycles. The lowest BCUT2D eigenvalue weighted by Gasteiger charge is -2.16. The van der Waals surface area contributed by atoms with Crippen molar-refractivity contribution in [3.63, 3.8) is 0 Å². The molecule has 1 saturated heterocycles. The number of allylic oxidation sites excluding steroid dienone is 1.